The lowest BCUT2D eigenvalue weighted by molar-refractivity contribution is 0.0499. The molecule has 1 aliphatic heterocycles. The first-order valence-electron chi connectivity index (χ1n) is 10.5. The lowest BCUT2D eigenvalue weighted by Crippen LogP contribution is -2.42. The molecule has 1 aromatic heterocycles. The van der Waals surface area contributed by atoms with Gasteiger partial charge in [-0.15, -0.1) is 10.2 Å². The smallest absolute Gasteiger partial charge is 0.407 e. The summed E-state index contributed by atoms with van der Waals surface area (Å²) in [5, 5.41) is 14.3. The first kappa shape index (κ1) is 23.9. The van der Waals surface area contributed by atoms with Crippen molar-refractivity contribution in [3.8, 4) is 0 Å². The minimum Gasteiger partial charge on any atom is -0.444 e. The Kier molecular flexibility index (Phi) is 8.05. The number of alkyl carbamates (subject to hydrolysis) is 1. The highest BCUT2D eigenvalue weighted by Gasteiger charge is 2.35. The van der Waals surface area contributed by atoms with Crippen molar-refractivity contribution in [2.75, 3.05) is 31.7 Å². The van der Waals surface area contributed by atoms with Crippen LogP contribution in [0.3, 0.4) is 0 Å². The molecule has 1 aromatic rings. The molecule has 2 heterocycles. The highest BCUT2D eigenvalue weighted by Crippen LogP contribution is 2.24. The highest BCUT2D eigenvalue weighted by atomic mass is 16.6. The number of hydrogen-bond acceptors (Lipinski definition) is 7. The molecular formula is C20H36N6O4. The van der Waals surface area contributed by atoms with E-state index in [1.54, 1.807) is 7.11 Å². The Labute approximate surface area is 178 Å². The Morgan fingerprint density at radius 3 is 2.53 bits per heavy atom. The number of rotatable bonds is 8. The quantitative estimate of drug-likeness (QED) is 0.612. The van der Waals surface area contributed by atoms with Crippen LogP contribution in [0, 0.1) is 5.92 Å². The lowest BCUT2D eigenvalue weighted by Gasteiger charge is -2.23. The Hall–Kier alpha value is -2.36. The third-order valence-electron chi connectivity index (χ3n) is 4.68. The number of aromatic nitrogens is 3. The number of hydrogen-bond donors (Lipinski definition) is 2. The molecule has 2 N–H and O–H groups in total. The molecule has 2 atom stereocenters. The van der Waals surface area contributed by atoms with Crippen LogP contribution in [0.25, 0.3) is 0 Å². The zero-order chi connectivity index (χ0) is 22.5. The van der Waals surface area contributed by atoms with Crippen molar-refractivity contribution in [2.24, 2.45) is 5.92 Å². The average molecular weight is 425 g/mol. The topological polar surface area (TPSA) is 111 Å². The molecule has 30 heavy (non-hydrogen) atoms. The van der Waals surface area contributed by atoms with E-state index >= 15 is 0 Å². The second-order valence-corrected chi connectivity index (χ2v) is 9.08. The van der Waals surface area contributed by atoms with Crippen LogP contribution in [0.4, 0.5) is 10.7 Å². The molecule has 0 radical (unpaired) electrons. The van der Waals surface area contributed by atoms with Crippen LogP contribution in [-0.2, 0) is 16.0 Å². The van der Waals surface area contributed by atoms with Gasteiger partial charge in [-0.25, -0.2) is 4.79 Å². The molecule has 10 heteroatoms. The second-order valence-electron chi connectivity index (χ2n) is 9.08. The maximum atomic E-state index is 12.6. The standard InChI is InChI=1S/C20H36N6O4/c1-13(2)21-17(27)16-23-24-18(26(16)9-8-10-29-7)25-11-14(3)15(12-25)22-19(28)30-20(4,5)6/h13-15H,8-12H2,1-7H3,(H,21,27)(H,22,28)/t14-,15-/m0/s1. The van der Waals surface area contributed by atoms with Gasteiger partial charge in [0.2, 0.25) is 11.8 Å². The molecule has 0 saturated carbocycles. The van der Waals surface area contributed by atoms with Crippen LogP contribution in [0.1, 0.15) is 58.6 Å². The summed E-state index contributed by atoms with van der Waals surface area (Å²) in [6.45, 7) is 13.8. The van der Waals surface area contributed by atoms with Gasteiger partial charge in [-0.2, -0.15) is 0 Å². The van der Waals surface area contributed by atoms with Gasteiger partial charge < -0.3 is 25.0 Å². The highest BCUT2D eigenvalue weighted by molar-refractivity contribution is 5.91. The predicted molar refractivity (Wildman–Crippen MR) is 114 cm³/mol. The van der Waals surface area contributed by atoms with E-state index < -0.39 is 11.7 Å². The van der Waals surface area contributed by atoms with Gasteiger partial charge in [0.1, 0.15) is 5.60 Å². The predicted octanol–water partition coefficient (Wildman–Crippen LogP) is 1.80. The number of anilines is 1. The van der Waals surface area contributed by atoms with Gasteiger partial charge >= 0.3 is 6.09 Å². The van der Waals surface area contributed by atoms with E-state index in [0.29, 0.717) is 32.2 Å². The largest absolute Gasteiger partial charge is 0.444 e. The molecule has 0 aliphatic carbocycles. The van der Waals surface area contributed by atoms with E-state index in [-0.39, 0.29) is 29.7 Å². The molecule has 0 bridgehead atoms. The van der Waals surface area contributed by atoms with Crippen molar-refractivity contribution in [1.82, 2.24) is 25.4 Å². The van der Waals surface area contributed by atoms with E-state index in [1.807, 2.05) is 39.2 Å². The van der Waals surface area contributed by atoms with Crippen molar-refractivity contribution >= 4 is 17.9 Å². The summed E-state index contributed by atoms with van der Waals surface area (Å²) in [6, 6.07) is -0.0868. The van der Waals surface area contributed by atoms with Crippen LogP contribution in [0.15, 0.2) is 0 Å². The summed E-state index contributed by atoms with van der Waals surface area (Å²) < 4.78 is 12.4. The molecule has 1 saturated heterocycles. The second kappa shape index (κ2) is 10.1. The van der Waals surface area contributed by atoms with Crippen molar-refractivity contribution < 1.29 is 19.1 Å². The number of nitrogens with one attached hydrogen (secondary N) is 2. The number of carbonyl (C=O) groups excluding carboxylic acids is 2. The molecule has 0 spiro atoms. The first-order valence-corrected chi connectivity index (χ1v) is 10.5. The fourth-order valence-corrected chi connectivity index (χ4v) is 3.37. The maximum absolute atomic E-state index is 12.6. The summed E-state index contributed by atoms with van der Waals surface area (Å²) in [4.78, 5) is 26.8. The van der Waals surface area contributed by atoms with E-state index in [4.69, 9.17) is 9.47 Å². The van der Waals surface area contributed by atoms with Gasteiger partial charge in [0.15, 0.2) is 0 Å². The van der Waals surface area contributed by atoms with Gasteiger partial charge in [0, 0.05) is 39.4 Å². The molecule has 0 unspecified atom stereocenters. The summed E-state index contributed by atoms with van der Waals surface area (Å²) >= 11 is 0. The Morgan fingerprint density at radius 2 is 1.93 bits per heavy atom. The summed E-state index contributed by atoms with van der Waals surface area (Å²) in [6.07, 6.45) is 0.298. The van der Waals surface area contributed by atoms with Crippen LogP contribution in [0.2, 0.25) is 0 Å². The molecule has 0 aromatic carbocycles. The number of methoxy groups -OCH3 is 1. The average Bonchev–Trinajstić information content (AvgIpc) is 3.17. The van der Waals surface area contributed by atoms with Gasteiger partial charge in [-0.05, 0) is 47.0 Å². The fraction of sp³-hybridized carbons (Fsp3) is 0.800. The fourth-order valence-electron chi connectivity index (χ4n) is 3.37. The molecular weight excluding hydrogens is 388 g/mol. The normalized spacial score (nSPS) is 19.3. The Morgan fingerprint density at radius 1 is 1.23 bits per heavy atom. The zero-order valence-electron chi connectivity index (χ0n) is 19.2. The maximum Gasteiger partial charge on any atom is 0.407 e. The van der Waals surface area contributed by atoms with Crippen molar-refractivity contribution in [3.05, 3.63) is 5.82 Å². The van der Waals surface area contributed by atoms with E-state index in [0.717, 1.165) is 6.42 Å². The number of ether oxygens (including phenoxy) is 2. The van der Waals surface area contributed by atoms with E-state index in [9.17, 15) is 9.59 Å². The first-order chi connectivity index (χ1) is 14.0. The monoisotopic (exact) mass is 424 g/mol. The molecule has 2 rings (SSSR count). The van der Waals surface area contributed by atoms with Crippen LogP contribution < -0.4 is 15.5 Å². The van der Waals surface area contributed by atoms with E-state index in [2.05, 4.69) is 32.7 Å². The summed E-state index contributed by atoms with van der Waals surface area (Å²) in [5.74, 6) is 0.845. The number of nitrogens with zero attached hydrogens (tertiary/aromatic N) is 4. The van der Waals surface area contributed by atoms with Crippen molar-refractivity contribution in [2.45, 2.75) is 72.2 Å². The van der Waals surface area contributed by atoms with E-state index in [1.165, 1.54) is 0 Å². The van der Waals surface area contributed by atoms with Crippen molar-refractivity contribution in [1.29, 1.82) is 0 Å². The SMILES string of the molecule is COCCCn1c(C(=O)NC(C)C)nnc1N1C[C@H](NC(=O)OC(C)(C)C)[C@@H](C)C1. The molecule has 1 fully saturated rings. The molecule has 10 nitrogen and oxygen atoms in total. The Balaban J connectivity index is 2.16. The van der Waals surface area contributed by atoms with Gasteiger partial charge in [-0.1, -0.05) is 6.92 Å². The van der Waals surface area contributed by atoms with Crippen LogP contribution in [0.5, 0.6) is 0 Å². The summed E-state index contributed by atoms with van der Waals surface area (Å²) in [5.41, 5.74) is -0.550. The van der Waals surface area contributed by atoms with Crippen LogP contribution in [-0.4, -0.2) is 71.3 Å². The minimum atomic E-state index is -0.550. The minimum absolute atomic E-state index is 0.000654. The molecule has 2 amide bonds. The third-order valence-corrected chi connectivity index (χ3v) is 4.68. The number of amides is 2. The summed E-state index contributed by atoms with van der Waals surface area (Å²) in [7, 11) is 1.65. The number of carbonyl (C=O) groups is 2. The lowest BCUT2D eigenvalue weighted by atomic mass is 10.1. The van der Waals surface area contributed by atoms with Crippen LogP contribution >= 0.6 is 0 Å². The van der Waals surface area contributed by atoms with Crippen molar-refractivity contribution in [3.63, 3.8) is 0 Å². The van der Waals surface area contributed by atoms with Gasteiger partial charge in [0.25, 0.3) is 5.91 Å². The van der Waals surface area contributed by atoms with Gasteiger partial charge in [0.05, 0.1) is 6.04 Å². The molecule has 1 aliphatic rings. The zero-order valence-corrected chi connectivity index (χ0v) is 19.2. The molecule has 170 valence electrons. The Bertz CT molecular complexity index is 727. The third kappa shape index (κ3) is 6.58. The van der Waals surface area contributed by atoms with Gasteiger partial charge in [-0.3, -0.25) is 9.36 Å².